The summed E-state index contributed by atoms with van der Waals surface area (Å²) in [5, 5.41) is 0. The molecule has 1 heterocycles. The summed E-state index contributed by atoms with van der Waals surface area (Å²) in [5.74, 6) is -0.228. The maximum absolute atomic E-state index is 11.5. The SMILES string of the molecule is O=CC1(CN2C(=O)CCC2=O)CCCCC1. The molecule has 0 atom stereocenters. The molecule has 2 fully saturated rings. The lowest BCUT2D eigenvalue weighted by molar-refractivity contribution is -0.141. The fourth-order valence-electron chi connectivity index (χ4n) is 2.68. The van der Waals surface area contributed by atoms with Crippen molar-refractivity contribution in [1.29, 1.82) is 0 Å². The third kappa shape index (κ3) is 2.01. The highest BCUT2D eigenvalue weighted by Gasteiger charge is 2.39. The Balaban J connectivity index is 2.08. The van der Waals surface area contributed by atoms with Crippen LogP contribution in [0.25, 0.3) is 0 Å². The molecule has 4 heteroatoms. The number of hydrogen-bond acceptors (Lipinski definition) is 3. The first-order valence-electron chi connectivity index (χ1n) is 5.96. The fraction of sp³-hybridized carbons (Fsp3) is 0.750. The first-order chi connectivity index (χ1) is 7.67. The van der Waals surface area contributed by atoms with Gasteiger partial charge in [0.1, 0.15) is 6.29 Å². The molecule has 1 aliphatic heterocycles. The molecule has 1 aliphatic carbocycles. The summed E-state index contributed by atoms with van der Waals surface area (Å²) in [6, 6.07) is 0. The number of likely N-dealkylation sites (tertiary alicyclic amines) is 1. The molecular formula is C12H17NO3. The number of imide groups is 1. The zero-order valence-electron chi connectivity index (χ0n) is 9.41. The number of amides is 2. The van der Waals surface area contributed by atoms with Crippen LogP contribution in [0.5, 0.6) is 0 Å². The molecule has 1 saturated heterocycles. The van der Waals surface area contributed by atoms with E-state index in [9.17, 15) is 14.4 Å². The van der Waals surface area contributed by atoms with Crippen LogP contribution in [-0.4, -0.2) is 29.5 Å². The van der Waals surface area contributed by atoms with Crippen LogP contribution in [-0.2, 0) is 14.4 Å². The van der Waals surface area contributed by atoms with Gasteiger partial charge >= 0.3 is 0 Å². The molecule has 0 radical (unpaired) electrons. The molecule has 0 unspecified atom stereocenters. The van der Waals surface area contributed by atoms with Gasteiger partial charge in [-0.3, -0.25) is 14.5 Å². The van der Waals surface area contributed by atoms with Crippen LogP contribution >= 0.6 is 0 Å². The van der Waals surface area contributed by atoms with Gasteiger partial charge in [-0.15, -0.1) is 0 Å². The molecule has 88 valence electrons. The number of rotatable bonds is 3. The minimum Gasteiger partial charge on any atom is -0.303 e. The van der Waals surface area contributed by atoms with E-state index in [2.05, 4.69) is 0 Å². The van der Waals surface area contributed by atoms with Crippen molar-refractivity contribution in [2.24, 2.45) is 5.41 Å². The van der Waals surface area contributed by atoms with Gasteiger partial charge in [-0.1, -0.05) is 19.3 Å². The summed E-state index contributed by atoms with van der Waals surface area (Å²) < 4.78 is 0. The van der Waals surface area contributed by atoms with Crippen molar-refractivity contribution in [2.75, 3.05) is 6.54 Å². The van der Waals surface area contributed by atoms with E-state index in [1.807, 2.05) is 0 Å². The fourth-order valence-corrected chi connectivity index (χ4v) is 2.68. The molecule has 0 bridgehead atoms. The van der Waals surface area contributed by atoms with E-state index < -0.39 is 5.41 Å². The van der Waals surface area contributed by atoms with E-state index in [-0.39, 0.29) is 11.8 Å². The Morgan fingerprint density at radius 3 is 2.12 bits per heavy atom. The monoisotopic (exact) mass is 223 g/mol. The Kier molecular flexibility index (Phi) is 3.08. The van der Waals surface area contributed by atoms with Gasteiger partial charge in [0.15, 0.2) is 0 Å². The topological polar surface area (TPSA) is 54.5 Å². The number of hydrogen-bond donors (Lipinski definition) is 0. The Morgan fingerprint density at radius 2 is 1.62 bits per heavy atom. The second-order valence-electron chi connectivity index (χ2n) is 4.91. The van der Waals surface area contributed by atoms with Crippen molar-refractivity contribution < 1.29 is 14.4 Å². The Morgan fingerprint density at radius 1 is 1.06 bits per heavy atom. The van der Waals surface area contributed by atoms with Crippen molar-refractivity contribution >= 4 is 18.1 Å². The highest BCUT2D eigenvalue weighted by Crippen LogP contribution is 2.36. The second-order valence-corrected chi connectivity index (χ2v) is 4.91. The van der Waals surface area contributed by atoms with Gasteiger partial charge in [-0.2, -0.15) is 0 Å². The predicted molar refractivity (Wildman–Crippen MR) is 57.5 cm³/mol. The first kappa shape index (κ1) is 11.3. The average molecular weight is 223 g/mol. The molecule has 1 saturated carbocycles. The van der Waals surface area contributed by atoms with E-state index in [0.717, 1.165) is 38.4 Å². The third-order valence-electron chi connectivity index (χ3n) is 3.73. The molecule has 2 amide bonds. The van der Waals surface area contributed by atoms with Gasteiger partial charge < -0.3 is 4.79 Å². The molecule has 0 spiro atoms. The highest BCUT2D eigenvalue weighted by atomic mass is 16.2. The maximum atomic E-state index is 11.5. The lowest BCUT2D eigenvalue weighted by Gasteiger charge is -2.34. The lowest BCUT2D eigenvalue weighted by atomic mass is 9.75. The Bertz CT molecular complexity index is 302. The molecule has 0 N–H and O–H groups in total. The molecule has 0 aromatic heterocycles. The highest BCUT2D eigenvalue weighted by molar-refractivity contribution is 6.02. The molecule has 16 heavy (non-hydrogen) atoms. The van der Waals surface area contributed by atoms with Gasteiger partial charge in [-0.25, -0.2) is 0 Å². The molecule has 4 nitrogen and oxygen atoms in total. The average Bonchev–Trinajstić information content (AvgIpc) is 2.62. The summed E-state index contributed by atoms with van der Waals surface area (Å²) in [5.41, 5.74) is -0.450. The van der Waals surface area contributed by atoms with E-state index in [0.29, 0.717) is 19.4 Å². The van der Waals surface area contributed by atoms with Crippen molar-refractivity contribution in [1.82, 2.24) is 4.90 Å². The van der Waals surface area contributed by atoms with Crippen molar-refractivity contribution in [3.05, 3.63) is 0 Å². The standard InChI is InChI=1S/C12H17NO3/c14-9-12(6-2-1-3-7-12)8-13-10(15)4-5-11(13)16/h9H,1-8H2. The molecule has 2 rings (SSSR count). The van der Waals surface area contributed by atoms with Crippen LogP contribution in [0, 0.1) is 5.41 Å². The third-order valence-corrected chi connectivity index (χ3v) is 3.73. The molecule has 2 aliphatic rings. The summed E-state index contributed by atoms with van der Waals surface area (Å²) in [6.07, 6.45) is 6.41. The smallest absolute Gasteiger partial charge is 0.229 e. The van der Waals surface area contributed by atoms with Crippen molar-refractivity contribution in [3.8, 4) is 0 Å². The van der Waals surface area contributed by atoms with E-state index in [1.165, 1.54) is 4.90 Å². The van der Waals surface area contributed by atoms with Crippen LogP contribution < -0.4 is 0 Å². The van der Waals surface area contributed by atoms with Gasteiger partial charge in [-0.05, 0) is 12.8 Å². The first-order valence-corrected chi connectivity index (χ1v) is 5.96. The normalized spacial score (nSPS) is 24.9. The maximum Gasteiger partial charge on any atom is 0.229 e. The summed E-state index contributed by atoms with van der Waals surface area (Å²) in [4.78, 5) is 35.5. The van der Waals surface area contributed by atoms with E-state index in [1.54, 1.807) is 0 Å². The zero-order chi connectivity index (χ0) is 11.6. The van der Waals surface area contributed by atoms with Crippen LogP contribution in [0.2, 0.25) is 0 Å². The van der Waals surface area contributed by atoms with Gasteiger partial charge in [0.05, 0.1) is 0 Å². The van der Waals surface area contributed by atoms with Gasteiger partial charge in [0.2, 0.25) is 11.8 Å². The van der Waals surface area contributed by atoms with Crippen molar-refractivity contribution in [3.63, 3.8) is 0 Å². The molecular weight excluding hydrogens is 206 g/mol. The molecule has 0 aromatic carbocycles. The molecule has 0 aromatic rings. The van der Waals surface area contributed by atoms with Crippen LogP contribution in [0.1, 0.15) is 44.9 Å². The van der Waals surface area contributed by atoms with Gasteiger partial charge in [0.25, 0.3) is 0 Å². The second kappa shape index (κ2) is 4.36. The Labute approximate surface area is 95.0 Å². The summed E-state index contributed by atoms with van der Waals surface area (Å²) in [7, 11) is 0. The van der Waals surface area contributed by atoms with E-state index >= 15 is 0 Å². The van der Waals surface area contributed by atoms with Gasteiger partial charge in [0, 0.05) is 24.8 Å². The number of aldehydes is 1. The quantitative estimate of drug-likeness (QED) is 0.535. The minimum atomic E-state index is -0.450. The minimum absolute atomic E-state index is 0.114. The predicted octanol–water partition coefficient (Wildman–Crippen LogP) is 1.28. The summed E-state index contributed by atoms with van der Waals surface area (Å²) >= 11 is 0. The largest absolute Gasteiger partial charge is 0.303 e. The number of carbonyl (C=O) groups is 3. The lowest BCUT2D eigenvalue weighted by Crippen LogP contribution is -2.42. The zero-order valence-corrected chi connectivity index (χ0v) is 9.41. The Hall–Kier alpha value is -1.19. The number of carbonyl (C=O) groups excluding carboxylic acids is 3. The van der Waals surface area contributed by atoms with Crippen LogP contribution in [0.4, 0.5) is 0 Å². The summed E-state index contributed by atoms with van der Waals surface area (Å²) in [6.45, 7) is 0.314. The van der Waals surface area contributed by atoms with Crippen LogP contribution in [0.3, 0.4) is 0 Å². The van der Waals surface area contributed by atoms with E-state index in [4.69, 9.17) is 0 Å². The van der Waals surface area contributed by atoms with Crippen LogP contribution in [0.15, 0.2) is 0 Å². The van der Waals surface area contributed by atoms with Crippen molar-refractivity contribution in [2.45, 2.75) is 44.9 Å². The number of nitrogens with zero attached hydrogens (tertiary/aromatic N) is 1.